The van der Waals surface area contributed by atoms with E-state index in [2.05, 4.69) is 26.6 Å². The summed E-state index contributed by atoms with van der Waals surface area (Å²) in [4.78, 5) is 14.3. The Morgan fingerprint density at radius 3 is 2.75 bits per heavy atom. The number of ether oxygens (including phenoxy) is 1. The molecule has 2 aliphatic heterocycles. The van der Waals surface area contributed by atoms with Gasteiger partial charge in [0.05, 0.1) is 36.5 Å². The largest absolute Gasteiger partial charge is 0.508 e. The number of phenolic OH excluding ortho intramolecular Hbond substituents is 1. The van der Waals surface area contributed by atoms with E-state index >= 15 is 0 Å². The van der Waals surface area contributed by atoms with E-state index in [0.29, 0.717) is 25.2 Å². The first-order chi connectivity index (χ1) is 13.7. The van der Waals surface area contributed by atoms with Crippen molar-refractivity contribution in [2.45, 2.75) is 12.5 Å². The van der Waals surface area contributed by atoms with Crippen molar-refractivity contribution in [1.29, 1.82) is 0 Å². The van der Waals surface area contributed by atoms with Crippen LogP contribution in [0.2, 0.25) is 0 Å². The minimum absolute atomic E-state index is 0.224. The van der Waals surface area contributed by atoms with Gasteiger partial charge in [-0.15, -0.1) is 0 Å². The van der Waals surface area contributed by atoms with Gasteiger partial charge in [-0.2, -0.15) is 10.1 Å². The van der Waals surface area contributed by atoms with Crippen LogP contribution in [0.5, 0.6) is 5.75 Å². The maximum absolute atomic E-state index is 9.97. The van der Waals surface area contributed by atoms with Crippen LogP contribution in [0.15, 0.2) is 30.5 Å². The lowest BCUT2D eigenvalue weighted by Gasteiger charge is -2.27. The third-order valence-corrected chi connectivity index (χ3v) is 5.57. The highest BCUT2D eigenvalue weighted by Gasteiger charge is 2.26. The molecule has 3 aromatic rings. The van der Waals surface area contributed by atoms with Crippen molar-refractivity contribution in [3.8, 4) is 17.0 Å². The van der Waals surface area contributed by atoms with E-state index in [-0.39, 0.29) is 5.75 Å². The predicted molar refractivity (Wildman–Crippen MR) is 107 cm³/mol. The molecule has 1 N–H and O–H groups in total. The Hall–Kier alpha value is -2.71. The number of benzene rings is 1. The Balaban J connectivity index is 1.67. The van der Waals surface area contributed by atoms with Gasteiger partial charge in [0.15, 0.2) is 5.65 Å². The van der Waals surface area contributed by atoms with Gasteiger partial charge >= 0.3 is 0 Å². The highest BCUT2D eigenvalue weighted by Crippen LogP contribution is 2.32. The fourth-order valence-corrected chi connectivity index (χ4v) is 4.07. The van der Waals surface area contributed by atoms with Gasteiger partial charge in [-0.1, -0.05) is 12.1 Å². The second-order valence-electron chi connectivity index (χ2n) is 7.55. The van der Waals surface area contributed by atoms with Gasteiger partial charge in [0.2, 0.25) is 5.95 Å². The van der Waals surface area contributed by atoms with Crippen LogP contribution in [0.25, 0.3) is 22.3 Å². The van der Waals surface area contributed by atoms with E-state index in [1.807, 2.05) is 18.3 Å². The molecule has 0 saturated carbocycles. The molecule has 0 bridgehead atoms. The number of phenols is 1. The quantitative estimate of drug-likeness (QED) is 0.743. The molecule has 0 aliphatic carbocycles. The van der Waals surface area contributed by atoms with Crippen LogP contribution in [0.3, 0.4) is 0 Å². The number of aromatic nitrogens is 4. The highest BCUT2D eigenvalue weighted by atomic mass is 16.5. The zero-order valence-electron chi connectivity index (χ0n) is 16.0. The highest BCUT2D eigenvalue weighted by molar-refractivity contribution is 5.91. The maximum Gasteiger partial charge on any atom is 0.228 e. The number of hydrogen-bond donors (Lipinski definition) is 1. The Bertz CT molecular complexity index is 998. The van der Waals surface area contributed by atoms with Gasteiger partial charge in [0.25, 0.3) is 0 Å². The molecule has 1 atom stereocenters. The molecule has 0 radical (unpaired) electrons. The first kappa shape index (κ1) is 17.4. The van der Waals surface area contributed by atoms with Gasteiger partial charge < -0.3 is 19.6 Å². The van der Waals surface area contributed by atoms with Gasteiger partial charge in [-0.25, -0.2) is 9.67 Å². The number of aromatic hydroxyl groups is 1. The number of rotatable bonds is 3. The summed E-state index contributed by atoms with van der Waals surface area (Å²) in [6.07, 6.45) is 2.92. The van der Waals surface area contributed by atoms with Gasteiger partial charge in [-0.05, 0) is 25.6 Å². The lowest BCUT2D eigenvalue weighted by Crippen LogP contribution is -2.37. The average Bonchev–Trinajstić information content (AvgIpc) is 3.34. The molecule has 5 rings (SSSR count). The zero-order valence-corrected chi connectivity index (χ0v) is 16.0. The van der Waals surface area contributed by atoms with E-state index in [0.717, 1.165) is 54.9 Å². The molecule has 8 nitrogen and oxygen atoms in total. The standard InChI is InChI=1S/C20H24N6O2/c1-24-6-5-15(13-24)26-19-17(12-21-26)18(14-3-2-4-16(27)11-14)22-20(23-19)25-7-9-28-10-8-25/h2-4,11-12,15,27H,5-10,13H2,1H3. The molecule has 2 aromatic heterocycles. The monoisotopic (exact) mass is 380 g/mol. The first-order valence-corrected chi connectivity index (χ1v) is 9.75. The van der Waals surface area contributed by atoms with Crippen molar-refractivity contribution in [3.63, 3.8) is 0 Å². The summed E-state index contributed by atoms with van der Waals surface area (Å²) in [5.74, 6) is 0.921. The molecule has 28 heavy (non-hydrogen) atoms. The topological polar surface area (TPSA) is 79.5 Å². The Kier molecular flexibility index (Phi) is 4.37. The van der Waals surface area contributed by atoms with E-state index < -0.39 is 0 Å². The minimum atomic E-state index is 0.224. The molecule has 146 valence electrons. The molecule has 1 aromatic carbocycles. The van der Waals surface area contributed by atoms with E-state index in [4.69, 9.17) is 14.7 Å². The van der Waals surface area contributed by atoms with Crippen molar-refractivity contribution in [1.82, 2.24) is 24.6 Å². The normalized spacial score (nSPS) is 20.9. The van der Waals surface area contributed by atoms with E-state index in [1.165, 1.54) is 0 Å². The summed E-state index contributed by atoms with van der Waals surface area (Å²) in [5.41, 5.74) is 2.53. The Morgan fingerprint density at radius 2 is 2.00 bits per heavy atom. The third-order valence-electron chi connectivity index (χ3n) is 5.57. The number of likely N-dealkylation sites (tertiary alicyclic amines) is 1. The van der Waals surface area contributed by atoms with Crippen molar-refractivity contribution < 1.29 is 9.84 Å². The van der Waals surface area contributed by atoms with Gasteiger partial charge in [0, 0.05) is 31.7 Å². The van der Waals surface area contributed by atoms with Crippen LogP contribution < -0.4 is 4.90 Å². The summed E-state index contributed by atoms with van der Waals surface area (Å²) < 4.78 is 7.54. The van der Waals surface area contributed by atoms with Gasteiger partial charge in [0.1, 0.15) is 5.75 Å². The number of fused-ring (bicyclic) bond motifs is 1. The number of likely N-dealkylation sites (N-methyl/N-ethyl adjacent to an activating group) is 1. The van der Waals surface area contributed by atoms with Crippen molar-refractivity contribution >= 4 is 17.0 Å². The molecule has 2 aliphatic rings. The average molecular weight is 380 g/mol. The van der Waals surface area contributed by atoms with E-state index in [1.54, 1.807) is 12.1 Å². The molecule has 2 fully saturated rings. The fourth-order valence-electron chi connectivity index (χ4n) is 4.07. The smallest absolute Gasteiger partial charge is 0.228 e. The molecule has 1 unspecified atom stereocenters. The van der Waals surface area contributed by atoms with Crippen LogP contribution in [0.1, 0.15) is 12.5 Å². The first-order valence-electron chi connectivity index (χ1n) is 9.75. The third kappa shape index (κ3) is 3.08. The summed E-state index contributed by atoms with van der Waals surface area (Å²) in [5, 5.41) is 15.6. The number of anilines is 1. The second kappa shape index (κ2) is 7.03. The minimum Gasteiger partial charge on any atom is -0.508 e. The molecular formula is C20H24N6O2. The molecule has 2 saturated heterocycles. The van der Waals surface area contributed by atoms with Crippen LogP contribution in [-0.2, 0) is 4.74 Å². The number of morpholine rings is 1. The lowest BCUT2D eigenvalue weighted by molar-refractivity contribution is 0.122. The summed E-state index contributed by atoms with van der Waals surface area (Å²) in [6, 6.07) is 7.52. The van der Waals surface area contributed by atoms with Crippen LogP contribution in [-0.4, -0.2) is 76.2 Å². The number of hydrogen-bond acceptors (Lipinski definition) is 7. The fraction of sp³-hybridized carbons (Fsp3) is 0.450. The van der Waals surface area contributed by atoms with E-state index in [9.17, 15) is 5.11 Å². The molecular weight excluding hydrogens is 356 g/mol. The van der Waals surface area contributed by atoms with Crippen LogP contribution in [0, 0.1) is 0 Å². The number of nitrogens with zero attached hydrogens (tertiary/aromatic N) is 6. The predicted octanol–water partition coefficient (Wildman–Crippen LogP) is 1.91. The Morgan fingerprint density at radius 1 is 1.14 bits per heavy atom. The lowest BCUT2D eigenvalue weighted by atomic mass is 10.1. The molecule has 4 heterocycles. The van der Waals surface area contributed by atoms with Gasteiger partial charge in [-0.3, -0.25) is 0 Å². The second-order valence-corrected chi connectivity index (χ2v) is 7.55. The molecule has 8 heteroatoms. The van der Waals surface area contributed by atoms with Crippen molar-refractivity contribution in [3.05, 3.63) is 30.5 Å². The summed E-state index contributed by atoms with van der Waals surface area (Å²) in [7, 11) is 2.14. The SMILES string of the molecule is CN1CCC(n2ncc3c(-c4cccc(O)c4)nc(N4CCOCC4)nc32)C1. The summed E-state index contributed by atoms with van der Waals surface area (Å²) >= 11 is 0. The Labute approximate surface area is 163 Å². The molecule has 0 amide bonds. The molecule has 0 spiro atoms. The maximum atomic E-state index is 9.97. The van der Waals surface area contributed by atoms with Crippen LogP contribution in [0.4, 0.5) is 5.95 Å². The van der Waals surface area contributed by atoms with Crippen molar-refractivity contribution in [2.24, 2.45) is 0 Å². The zero-order chi connectivity index (χ0) is 19.1. The van der Waals surface area contributed by atoms with Crippen molar-refractivity contribution in [2.75, 3.05) is 51.3 Å². The van der Waals surface area contributed by atoms with Crippen LogP contribution >= 0.6 is 0 Å². The summed E-state index contributed by atoms with van der Waals surface area (Å²) in [6.45, 7) is 4.92.